The predicted molar refractivity (Wildman–Crippen MR) is 163 cm³/mol. The average Bonchev–Trinajstić information content (AvgIpc) is 3.40. The van der Waals surface area contributed by atoms with Gasteiger partial charge in [-0.05, 0) is 54.8 Å². The number of pyridine rings is 1. The van der Waals surface area contributed by atoms with Gasteiger partial charge in [-0.1, -0.05) is 49.4 Å². The number of thiazole rings is 1. The van der Waals surface area contributed by atoms with E-state index in [-0.39, 0.29) is 11.6 Å². The minimum Gasteiger partial charge on any atom is -0.476 e. The van der Waals surface area contributed by atoms with Crippen molar-refractivity contribution in [1.29, 1.82) is 0 Å². The van der Waals surface area contributed by atoms with Crippen molar-refractivity contribution in [1.82, 2.24) is 9.97 Å². The zero-order valence-electron chi connectivity index (χ0n) is 22.9. The summed E-state index contributed by atoms with van der Waals surface area (Å²) in [5.41, 5.74) is 10.6. The van der Waals surface area contributed by atoms with Gasteiger partial charge in [0, 0.05) is 48.7 Å². The fourth-order valence-corrected chi connectivity index (χ4v) is 5.47. The number of aliphatic imine (C=N–C) groups is 1. The monoisotopic (exact) mass is 556 g/mol. The molecule has 0 atom stereocenters. The highest BCUT2D eigenvalue weighted by molar-refractivity contribution is 7.22. The highest BCUT2D eigenvalue weighted by atomic mass is 32.1. The third-order valence-corrected chi connectivity index (χ3v) is 7.57. The normalized spacial score (nSPS) is 13.3. The number of rotatable bonds is 6. The lowest BCUT2D eigenvalue weighted by atomic mass is 9.94. The summed E-state index contributed by atoms with van der Waals surface area (Å²) in [5, 5.41) is 13.4. The first-order chi connectivity index (χ1) is 19.4. The number of carboxylic acid groups (broad SMARTS) is 1. The lowest BCUT2D eigenvalue weighted by Gasteiger charge is -2.31. The maximum Gasteiger partial charge on any atom is 0.355 e. The molecule has 3 heterocycles. The number of fused-ring (bicyclic) bond motifs is 2. The van der Waals surface area contributed by atoms with Crippen LogP contribution in [-0.2, 0) is 13.0 Å². The molecule has 206 valence electrons. The first-order valence-electron chi connectivity index (χ1n) is 13.0. The lowest BCUT2D eigenvalue weighted by Crippen LogP contribution is -2.33. The lowest BCUT2D eigenvalue weighted by molar-refractivity contribution is 0.0690. The molecule has 0 saturated heterocycles. The van der Waals surface area contributed by atoms with E-state index in [4.69, 9.17) is 5.73 Å². The number of carbonyl (C=O) groups is 2. The van der Waals surface area contributed by atoms with Crippen LogP contribution in [0.15, 0.2) is 65.8 Å². The molecule has 1 amide bonds. The third-order valence-electron chi connectivity index (χ3n) is 6.62. The Balaban J connectivity index is 0.00000181. The van der Waals surface area contributed by atoms with Gasteiger partial charge >= 0.3 is 5.97 Å². The Hall–Kier alpha value is -4.57. The van der Waals surface area contributed by atoms with Crippen molar-refractivity contribution in [3.63, 3.8) is 0 Å². The van der Waals surface area contributed by atoms with E-state index >= 15 is 0 Å². The number of hydrogen-bond acceptors (Lipinski definition) is 8. The van der Waals surface area contributed by atoms with Gasteiger partial charge in [0.1, 0.15) is 5.82 Å². The highest BCUT2D eigenvalue weighted by Crippen LogP contribution is 2.30. The number of nitrogens with zero attached hydrogens (tertiary/aromatic N) is 4. The van der Waals surface area contributed by atoms with Crippen LogP contribution in [0, 0.1) is 0 Å². The van der Waals surface area contributed by atoms with Gasteiger partial charge in [0.25, 0.3) is 5.91 Å². The molecule has 4 N–H and O–H groups in total. The highest BCUT2D eigenvalue weighted by Gasteiger charge is 2.25. The van der Waals surface area contributed by atoms with E-state index in [1.165, 1.54) is 17.5 Å². The number of nitrogens with one attached hydrogen (secondary N) is 1. The van der Waals surface area contributed by atoms with Crippen LogP contribution in [0.4, 0.5) is 10.9 Å². The summed E-state index contributed by atoms with van der Waals surface area (Å²) < 4.78 is 1.00. The Labute approximate surface area is 237 Å². The largest absolute Gasteiger partial charge is 0.476 e. The molecule has 0 aliphatic carbocycles. The Morgan fingerprint density at radius 3 is 2.55 bits per heavy atom. The van der Waals surface area contributed by atoms with E-state index < -0.39 is 5.97 Å². The molecule has 40 heavy (non-hydrogen) atoms. The van der Waals surface area contributed by atoms with Gasteiger partial charge in [-0.3, -0.25) is 15.1 Å². The van der Waals surface area contributed by atoms with Crippen LogP contribution in [0.5, 0.6) is 0 Å². The predicted octanol–water partition coefficient (Wildman–Crippen LogP) is 5.62. The molecule has 9 nitrogen and oxygen atoms in total. The number of aromatic carboxylic acids is 1. The summed E-state index contributed by atoms with van der Waals surface area (Å²) in [4.78, 5) is 40.6. The van der Waals surface area contributed by atoms with Gasteiger partial charge < -0.3 is 15.7 Å². The van der Waals surface area contributed by atoms with Crippen LogP contribution in [0.3, 0.4) is 0 Å². The van der Waals surface area contributed by atoms with Crippen molar-refractivity contribution in [2.24, 2.45) is 10.7 Å². The average molecular weight is 557 g/mol. The molecule has 0 radical (unpaired) electrons. The zero-order chi connectivity index (χ0) is 28.8. The number of anilines is 2. The zero-order valence-corrected chi connectivity index (χ0v) is 23.7. The number of para-hydroxylation sites is 1. The van der Waals surface area contributed by atoms with Gasteiger partial charge in [-0.15, -0.1) is 0 Å². The van der Waals surface area contributed by atoms with Crippen molar-refractivity contribution in [2.45, 2.75) is 33.7 Å². The summed E-state index contributed by atoms with van der Waals surface area (Å²) in [6.07, 6.45) is 2.04. The van der Waals surface area contributed by atoms with Crippen molar-refractivity contribution >= 4 is 55.7 Å². The Morgan fingerprint density at radius 2 is 1.85 bits per heavy atom. The number of hydrogen-bond donors (Lipinski definition) is 3. The molecule has 4 aromatic rings. The maximum atomic E-state index is 13.3. The van der Waals surface area contributed by atoms with Crippen molar-refractivity contribution in [2.75, 3.05) is 23.8 Å². The Bertz CT molecular complexity index is 1590. The molecule has 2 aromatic heterocycles. The van der Waals surface area contributed by atoms with Crippen LogP contribution in [0.1, 0.15) is 58.3 Å². The molecule has 0 spiro atoms. The summed E-state index contributed by atoms with van der Waals surface area (Å²) in [5.74, 6) is -0.872. The molecule has 0 unspecified atom stereocenters. The number of carboxylic acids is 1. The maximum absolute atomic E-state index is 13.3. The quantitative estimate of drug-likeness (QED) is 0.262. The van der Waals surface area contributed by atoms with Crippen LogP contribution >= 0.6 is 11.3 Å². The van der Waals surface area contributed by atoms with Gasteiger partial charge in [-0.25, -0.2) is 14.8 Å². The minimum atomic E-state index is -1.15. The Kier molecular flexibility index (Phi) is 8.90. The van der Waals surface area contributed by atoms with E-state index in [1.54, 1.807) is 32.2 Å². The second-order valence-electron chi connectivity index (χ2n) is 8.82. The number of carbonyl (C=O) groups excluding carboxylic acids is 1. The fraction of sp³-hybridized carbons (Fsp3) is 0.233. The van der Waals surface area contributed by atoms with Crippen LogP contribution in [0.2, 0.25) is 0 Å². The summed E-state index contributed by atoms with van der Waals surface area (Å²) in [7, 11) is 1.62. The number of aromatic nitrogens is 2. The van der Waals surface area contributed by atoms with Crippen molar-refractivity contribution in [3.05, 3.63) is 88.7 Å². The minimum absolute atomic E-state index is 0.102. The second kappa shape index (κ2) is 12.5. The van der Waals surface area contributed by atoms with Gasteiger partial charge in [0.15, 0.2) is 10.8 Å². The molecule has 0 bridgehead atoms. The van der Waals surface area contributed by atoms with Crippen LogP contribution in [-0.4, -0.2) is 46.3 Å². The molecule has 10 heteroatoms. The van der Waals surface area contributed by atoms with Gasteiger partial charge in [0.05, 0.1) is 10.2 Å². The second-order valence-corrected chi connectivity index (χ2v) is 9.85. The summed E-state index contributed by atoms with van der Waals surface area (Å²) in [6.45, 7) is 6.82. The summed E-state index contributed by atoms with van der Waals surface area (Å²) in [6, 6.07) is 16.9. The van der Waals surface area contributed by atoms with Crippen molar-refractivity contribution < 1.29 is 14.7 Å². The Morgan fingerprint density at radius 1 is 1.07 bits per heavy atom. The molecule has 5 rings (SSSR count). The molecule has 0 saturated carbocycles. The van der Waals surface area contributed by atoms with Crippen LogP contribution < -0.4 is 16.0 Å². The van der Waals surface area contributed by atoms with Gasteiger partial charge in [0.2, 0.25) is 0 Å². The molecule has 0 fully saturated rings. The topological polar surface area (TPSA) is 134 Å². The van der Waals surface area contributed by atoms with E-state index in [2.05, 4.69) is 20.3 Å². The fourth-order valence-electron chi connectivity index (χ4n) is 4.61. The first-order valence-corrected chi connectivity index (χ1v) is 13.8. The van der Waals surface area contributed by atoms with Crippen LogP contribution in [0.25, 0.3) is 15.8 Å². The number of nitrogens with two attached hydrogens (primary N) is 1. The van der Waals surface area contributed by atoms with Crippen molar-refractivity contribution in [3.8, 4) is 0 Å². The van der Waals surface area contributed by atoms with Gasteiger partial charge in [-0.2, -0.15) is 0 Å². The third kappa shape index (κ3) is 5.72. The standard InChI is InChI=1S/C28H26N6O3S.C2H6/c1-16(30-2)20(14-29)18-10-11-24(32-25(18)27(36)37)34-13-12-17-6-5-7-19(21(17)15-34)26(35)33-28-31-22-8-3-4-9-23(22)38-28;1-2/h3-11,14H,12-13,15,29H2,1-2H3,(H,36,37)(H,31,33,35);1-2H3/b20-14+,30-16?;. The smallest absolute Gasteiger partial charge is 0.355 e. The van der Waals surface area contributed by atoms with E-state index in [1.807, 2.05) is 55.1 Å². The molecule has 1 aliphatic heterocycles. The molecular weight excluding hydrogens is 524 g/mol. The molecule has 1 aliphatic rings. The molecular formula is C30H32N6O3S. The number of allylic oxidation sites excluding steroid dienone is 1. The molecule has 2 aromatic carbocycles. The van der Waals surface area contributed by atoms with E-state index in [9.17, 15) is 14.7 Å². The number of amides is 1. The van der Waals surface area contributed by atoms with E-state index in [0.717, 1.165) is 21.3 Å². The SMILES string of the molecule is CC.CN=C(C)/C(=C\N)c1ccc(N2CCc3cccc(C(=O)Nc4nc5ccccc5s4)c3C2)nc1C(=O)O. The summed E-state index contributed by atoms with van der Waals surface area (Å²) >= 11 is 1.43. The number of benzene rings is 2. The first kappa shape index (κ1) is 28.4. The van der Waals surface area contributed by atoms with E-state index in [0.29, 0.717) is 52.9 Å².